The molecule has 1 aromatic carbocycles. The molecule has 0 fully saturated rings. The second-order valence-electron chi connectivity index (χ2n) is 8.60. The van der Waals surface area contributed by atoms with Gasteiger partial charge in [0.1, 0.15) is 17.0 Å². The zero-order valence-electron chi connectivity index (χ0n) is 19.0. The van der Waals surface area contributed by atoms with Gasteiger partial charge in [0.05, 0.1) is 9.55 Å². The van der Waals surface area contributed by atoms with Gasteiger partial charge in [-0.2, -0.15) is 0 Å². The van der Waals surface area contributed by atoms with E-state index in [1.165, 1.54) is 34.9 Å². The van der Waals surface area contributed by atoms with E-state index in [2.05, 4.69) is 6.58 Å². The molecule has 0 atom stereocenters. The molecule has 5 nitrogen and oxygen atoms in total. The van der Waals surface area contributed by atoms with E-state index in [0.717, 1.165) is 16.9 Å². The van der Waals surface area contributed by atoms with Crippen LogP contribution < -0.4 is 14.8 Å². The summed E-state index contributed by atoms with van der Waals surface area (Å²) in [6, 6.07) is 4.25. The Morgan fingerprint density at radius 3 is 2.50 bits per heavy atom. The third-order valence-corrected chi connectivity index (χ3v) is 6.08. The Morgan fingerprint density at radius 2 is 1.97 bits per heavy atom. The molecule has 0 saturated heterocycles. The molecule has 0 saturated carbocycles. The Balaban J connectivity index is 2.69. The van der Waals surface area contributed by atoms with Crippen molar-refractivity contribution in [3.05, 3.63) is 66.3 Å². The number of carbonyl (C=O) groups excluding carboxylic acids is 2. The van der Waals surface area contributed by atoms with Crippen molar-refractivity contribution in [1.29, 1.82) is 0 Å². The van der Waals surface area contributed by atoms with Gasteiger partial charge in [-0.15, -0.1) is 11.3 Å². The first-order valence-corrected chi connectivity index (χ1v) is 11.4. The molecule has 172 valence electrons. The highest BCUT2D eigenvalue weighted by Crippen LogP contribution is 2.19. The lowest BCUT2D eigenvalue weighted by atomic mass is 9.91. The van der Waals surface area contributed by atoms with Gasteiger partial charge in [0, 0.05) is 30.1 Å². The Labute approximate surface area is 196 Å². The Kier molecular flexibility index (Phi) is 8.37. The van der Waals surface area contributed by atoms with Gasteiger partial charge in [-0.1, -0.05) is 50.6 Å². The van der Waals surface area contributed by atoms with Gasteiger partial charge in [-0.05, 0) is 32.1 Å². The van der Waals surface area contributed by atoms with Crippen LogP contribution in [0.4, 0.5) is 4.39 Å². The number of rotatable bonds is 7. The SMILES string of the molecule is C=C(C)CN(CC)C(=O)Cn1c(=O)/c(=C/c2c(F)cccc2Cl)s/c1=C\C(=O)C(C)(C)C. The van der Waals surface area contributed by atoms with Crippen molar-refractivity contribution in [3.63, 3.8) is 0 Å². The van der Waals surface area contributed by atoms with Crippen molar-refractivity contribution >= 4 is 46.8 Å². The van der Waals surface area contributed by atoms with E-state index in [4.69, 9.17) is 11.6 Å². The Morgan fingerprint density at radius 1 is 1.31 bits per heavy atom. The number of hydrogen-bond acceptors (Lipinski definition) is 4. The van der Waals surface area contributed by atoms with Crippen LogP contribution in [-0.4, -0.2) is 34.2 Å². The number of nitrogens with zero attached hydrogens (tertiary/aromatic N) is 2. The molecular formula is C24H28ClFN2O3S. The number of aromatic nitrogens is 1. The minimum Gasteiger partial charge on any atom is -0.337 e. The molecule has 2 rings (SSSR count). The quantitative estimate of drug-likeness (QED) is 0.573. The van der Waals surface area contributed by atoms with Crippen LogP contribution in [-0.2, 0) is 16.1 Å². The van der Waals surface area contributed by atoms with Crippen LogP contribution in [0.2, 0.25) is 5.02 Å². The second-order valence-corrected chi connectivity index (χ2v) is 10.1. The average molecular weight is 479 g/mol. The monoisotopic (exact) mass is 478 g/mol. The van der Waals surface area contributed by atoms with Crippen molar-refractivity contribution in [2.24, 2.45) is 5.41 Å². The highest BCUT2D eigenvalue weighted by atomic mass is 35.5. The summed E-state index contributed by atoms with van der Waals surface area (Å²) in [5.74, 6) is -1.03. The second kappa shape index (κ2) is 10.4. The van der Waals surface area contributed by atoms with Gasteiger partial charge in [0.25, 0.3) is 5.56 Å². The average Bonchev–Trinajstić information content (AvgIpc) is 2.96. The third kappa shape index (κ3) is 6.26. The maximum absolute atomic E-state index is 14.3. The molecular weight excluding hydrogens is 451 g/mol. The lowest BCUT2D eigenvalue weighted by Gasteiger charge is -2.21. The van der Waals surface area contributed by atoms with Gasteiger partial charge in [0.15, 0.2) is 5.78 Å². The molecule has 0 unspecified atom stereocenters. The number of benzene rings is 1. The maximum Gasteiger partial charge on any atom is 0.269 e. The first-order chi connectivity index (χ1) is 14.8. The van der Waals surface area contributed by atoms with E-state index in [1.54, 1.807) is 25.7 Å². The van der Waals surface area contributed by atoms with Gasteiger partial charge in [-0.3, -0.25) is 19.0 Å². The largest absolute Gasteiger partial charge is 0.337 e. The molecule has 1 aromatic heterocycles. The number of likely N-dealkylation sites (N-methyl/N-ethyl adjacent to an activating group) is 1. The number of carbonyl (C=O) groups is 2. The van der Waals surface area contributed by atoms with Crippen LogP contribution in [0.15, 0.2) is 35.1 Å². The van der Waals surface area contributed by atoms with Gasteiger partial charge in [0.2, 0.25) is 5.91 Å². The van der Waals surface area contributed by atoms with Crippen molar-refractivity contribution in [1.82, 2.24) is 9.47 Å². The highest BCUT2D eigenvalue weighted by molar-refractivity contribution is 7.07. The molecule has 0 bridgehead atoms. The summed E-state index contributed by atoms with van der Waals surface area (Å²) in [5.41, 5.74) is -0.252. The smallest absolute Gasteiger partial charge is 0.269 e. The molecule has 32 heavy (non-hydrogen) atoms. The number of amides is 1. The number of hydrogen-bond donors (Lipinski definition) is 0. The summed E-state index contributed by atoms with van der Waals surface area (Å²) in [6.45, 7) is 13.4. The van der Waals surface area contributed by atoms with E-state index in [-0.39, 0.29) is 33.4 Å². The predicted molar refractivity (Wildman–Crippen MR) is 129 cm³/mol. The van der Waals surface area contributed by atoms with Crippen LogP contribution in [0.5, 0.6) is 0 Å². The molecule has 0 aliphatic rings. The summed E-state index contributed by atoms with van der Waals surface area (Å²) in [4.78, 5) is 40.3. The molecule has 0 N–H and O–H groups in total. The molecule has 1 heterocycles. The van der Waals surface area contributed by atoms with Crippen LogP contribution in [0, 0.1) is 11.2 Å². The topological polar surface area (TPSA) is 59.4 Å². The lowest BCUT2D eigenvalue weighted by molar-refractivity contribution is -0.131. The fourth-order valence-electron chi connectivity index (χ4n) is 2.84. The third-order valence-electron chi connectivity index (χ3n) is 4.69. The van der Waals surface area contributed by atoms with Crippen LogP contribution in [0.3, 0.4) is 0 Å². The molecule has 0 spiro atoms. The first-order valence-electron chi connectivity index (χ1n) is 10.2. The van der Waals surface area contributed by atoms with Crippen LogP contribution >= 0.6 is 22.9 Å². The van der Waals surface area contributed by atoms with Gasteiger partial charge < -0.3 is 4.90 Å². The van der Waals surface area contributed by atoms with E-state index in [0.29, 0.717) is 17.8 Å². The zero-order valence-corrected chi connectivity index (χ0v) is 20.6. The van der Waals surface area contributed by atoms with E-state index in [1.807, 2.05) is 13.8 Å². The van der Waals surface area contributed by atoms with E-state index in [9.17, 15) is 18.8 Å². The Bertz CT molecular complexity index is 1200. The van der Waals surface area contributed by atoms with Crippen molar-refractivity contribution in [2.75, 3.05) is 13.1 Å². The summed E-state index contributed by atoms with van der Waals surface area (Å²) in [7, 11) is 0. The van der Waals surface area contributed by atoms with Crippen molar-refractivity contribution in [3.8, 4) is 0 Å². The van der Waals surface area contributed by atoms with Crippen LogP contribution in [0.1, 0.15) is 40.2 Å². The molecule has 0 aliphatic heterocycles. The van der Waals surface area contributed by atoms with Crippen LogP contribution in [0.25, 0.3) is 12.2 Å². The number of thiazole rings is 1. The molecule has 2 aromatic rings. The molecule has 1 amide bonds. The van der Waals surface area contributed by atoms with Gasteiger partial charge >= 0.3 is 0 Å². The minimum absolute atomic E-state index is 0.0807. The van der Waals surface area contributed by atoms with E-state index < -0.39 is 16.8 Å². The Hall–Kier alpha value is -2.51. The maximum atomic E-state index is 14.3. The predicted octanol–water partition coefficient (Wildman–Crippen LogP) is 3.35. The minimum atomic E-state index is -0.664. The zero-order chi connectivity index (χ0) is 24.2. The lowest BCUT2D eigenvalue weighted by Crippen LogP contribution is -2.41. The standard InChI is InChI=1S/C24H28ClFN2O3S/c1-7-27(13-15(2)3)21(30)14-28-22(12-20(29)24(4,5)6)32-19(23(28)31)11-16-17(25)9-8-10-18(16)26/h8-12H,2,7,13-14H2,1,3-6H3/b19-11-,22-12-. The van der Waals surface area contributed by atoms with Crippen molar-refractivity contribution in [2.45, 2.75) is 41.2 Å². The number of halogens is 2. The highest BCUT2D eigenvalue weighted by Gasteiger charge is 2.21. The molecule has 8 heteroatoms. The summed E-state index contributed by atoms with van der Waals surface area (Å²) < 4.78 is 16.0. The fraction of sp³-hybridized carbons (Fsp3) is 0.375. The molecule has 0 aliphatic carbocycles. The summed E-state index contributed by atoms with van der Waals surface area (Å²) >= 11 is 7.13. The summed E-state index contributed by atoms with van der Waals surface area (Å²) in [5, 5.41) is 0.162. The summed E-state index contributed by atoms with van der Waals surface area (Å²) in [6.07, 6.45) is 2.73. The fourth-order valence-corrected chi connectivity index (χ4v) is 4.08. The molecule has 0 radical (unpaired) electrons. The number of ketones is 1. The first kappa shape index (κ1) is 25.7. The normalized spacial score (nSPS) is 12.8. The van der Waals surface area contributed by atoms with E-state index >= 15 is 0 Å². The number of Topliss-reactive ketones (excluding diaryl/α,β-unsaturated/α-hetero) is 1. The van der Waals surface area contributed by atoms with Gasteiger partial charge in [-0.25, -0.2) is 4.39 Å². The van der Waals surface area contributed by atoms with Crippen molar-refractivity contribution < 1.29 is 14.0 Å².